The van der Waals surface area contributed by atoms with E-state index >= 15 is 0 Å². The summed E-state index contributed by atoms with van der Waals surface area (Å²) in [5.74, 6) is 0.936. The molecule has 6 heteroatoms. The first kappa shape index (κ1) is 24.3. The van der Waals surface area contributed by atoms with E-state index in [4.69, 9.17) is 30.8 Å². The molecule has 0 N–H and O–H groups in total. The van der Waals surface area contributed by atoms with E-state index < -0.39 is 5.41 Å². The lowest BCUT2D eigenvalue weighted by atomic mass is 9.98. The van der Waals surface area contributed by atoms with Crippen molar-refractivity contribution >= 4 is 28.5 Å². The third-order valence-corrected chi connectivity index (χ3v) is 5.35. The number of halogens is 1. The smallest absolute Gasteiger partial charge is 0.314 e. The lowest BCUT2D eigenvalue weighted by molar-refractivity contribution is -0.159. The van der Waals surface area contributed by atoms with Gasteiger partial charge in [0.15, 0.2) is 0 Å². The SMILES string of the molecule is CCCCCCCc1c(C)nc2cc(OC)c(Cl)cc2c1OCOC(=O)C(C)(C)C. The Morgan fingerprint density at radius 2 is 1.83 bits per heavy atom. The third-order valence-electron chi connectivity index (χ3n) is 5.05. The maximum atomic E-state index is 12.1. The number of esters is 1. The van der Waals surface area contributed by atoms with E-state index in [-0.39, 0.29) is 12.8 Å². The van der Waals surface area contributed by atoms with Crippen LogP contribution in [0.3, 0.4) is 0 Å². The van der Waals surface area contributed by atoms with Crippen LogP contribution in [0.15, 0.2) is 12.1 Å². The number of carbonyl (C=O) groups is 1. The molecule has 0 aliphatic rings. The Kier molecular flexibility index (Phi) is 8.78. The lowest BCUT2D eigenvalue weighted by Crippen LogP contribution is -2.24. The summed E-state index contributed by atoms with van der Waals surface area (Å²) in [5, 5.41) is 1.28. The summed E-state index contributed by atoms with van der Waals surface area (Å²) >= 11 is 6.38. The van der Waals surface area contributed by atoms with Crippen molar-refractivity contribution in [3.63, 3.8) is 0 Å². The molecule has 0 bridgehead atoms. The van der Waals surface area contributed by atoms with Crippen molar-refractivity contribution in [2.75, 3.05) is 13.9 Å². The molecule has 0 unspecified atom stereocenters. The van der Waals surface area contributed by atoms with Gasteiger partial charge in [0, 0.05) is 22.7 Å². The molecule has 0 aliphatic carbocycles. The Hall–Kier alpha value is -2.01. The van der Waals surface area contributed by atoms with Crippen LogP contribution < -0.4 is 9.47 Å². The zero-order valence-corrected chi connectivity index (χ0v) is 19.8. The highest BCUT2D eigenvalue weighted by Crippen LogP contribution is 2.37. The first-order valence-corrected chi connectivity index (χ1v) is 11.0. The first-order chi connectivity index (χ1) is 14.2. The van der Waals surface area contributed by atoms with Crippen LogP contribution in [0.4, 0.5) is 0 Å². The van der Waals surface area contributed by atoms with Gasteiger partial charge in [-0.15, -0.1) is 0 Å². The highest BCUT2D eigenvalue weighted by Gasteiger charge is 2.24. The molecule has 30 heavy (non-hydrogen) atoms. The minimum absolute atomic E-state index is 0.152. The molecule has 0 radical (unpaired) electrons. The standard InChI is InChI=1S/C24H34ClNO4/c1-7-8-9-10-11-12-17-16(2)26-20-14-21(28-6)19(25)13-18(20)22(17)29-15-30-23(27)24(3,4)5/h13-14H,7-12,15H2,1-6H3. The van der Waals surface area contributed by atoms with E-state index in [2.05, 4.69) is 6.92 Å². The number of aromatic nitrogens is 1. The highest BCUT2D eigenvalue weighted by atomic mass is 35.5. The van der Waals surface area contributed by atoms with Gasteiger partial charge in [-0.2, -0.15) is 0 Å². The average molecular weight is 436 g/mol. The van der Waals surface area contributed by atoms with Crippen molar-refractivity contribution in [2.45, 2.75) is 73.1 Å². The van der Waals surface area contributed by atoms with Gasteiger partial charge in [0.05, 0.1) is 23.1 Å². The molecule has 0 spiro atoms. The molecule has 1 aromatic carbocycles. The number of benzene rings is 1. The quantitative estimate of drug-likeness (QED) is 0.237. The molecule has 0 fully saturated rings. The largest absolute Gasteiger partial charge is 0.495 e. The summed E-state index contributed by atoms with van der Waals surface area (Å²) in [7, 11) is 1.58. The van der Waals surface area contributed by atoms with Crippen LogP contribution in [-0.4, -0.2) is 24.9 Å². The molecule has 0 atom stereocenters. The molecule has 1 heterocycles. The number of rotatable bonds is 10. The van der Waals surface area contributed by atoms with Crippen LogP contribution in [0.2, 0.25) is 5.02 Å². The van der Waals surface area contributed by atoms with Crippen molar-refractivity contribution < 1.29 is 19.0 Å². The van der Waals surface area contributed by atoms with Gasteiger partial charge < -0.3 is 14.2 Å². The Morgan fingerprint density at radius 1 is 1.13 bits per heavy atom. The van der Waals surface area contributed by atoms with Crippen molar-refractivity contribution in [3.8, 4) is 11.5 Å². The van der Waals surface area contributed by atoms with E-state index in [1.165, 1.54) is 19.3 Å². The van der Waals surface area contributed by atoms with Crippen LogP contribution in [-0.2, 0) is 16.0 Å². The molecule has 0 amide bonds. The van der Waals surface area contributed by atoms with E-state index in [1.54, 1.807) is 7.11 Å². The van der Waals surface area contributed by atoms with Gasteiger partial charge in [0.2, 0.25) is 6.79 Å². The fourth-order valence-electron chi connectivity index (χ4n) is 3.27. The molecule has 2 rings (SSSR count). The number of nitrogens with zero attached hydrogens (tertiary/aromatic N) is 1. The molecule has 166 valence electrons. The van der Waals surface area contributed by atoms with Gasteiger partial charge in [0.25, 0.3) is 0 Å². The van der Waals surface area contributed by atoms with E-state index in [0.717, 1.165) is 41.4 Å². The predicted molar refractivity (Wildman–Crippen MR) is 122 cm³/mol. The summed E-state index contributed by atoms with van der Waals surface area (Å²) < 4.78 is 16.7. The molecule has 0 saturated heterocycles. The summed E-state index contributed by atoms with van der Waals surface area (Å²) in [6.45, 7) is 9.48. The number of fused-ring (bicyclic) bond motifs is 1. The van der Waals surface area contributed by atoms with Gasteiger partial charge >= 0.3 is 5.97 Å². The van der Waals surface area contributed by atoms with Crippen LogP contribution in [0, 0.1) is 12.3 Å². The fourth-order valence-corrected chi connectivity index (χ4v) is 3.51. The maximum Gasteiger partial charge on any atom is 0.314 e. The maximum absolute atomic E-state index is 12.1. The van der Waals surface area contributed by atoms with Crippen LogP contribution in [0.5, 0.6) is 11.5 Å². The molecule has 5 nitrogen and oxygen atoms in total. The Labute approximate surface area is 185 Å². The summed E-state index contributed by atoms with van der Waals surface area (Å²) in [4.78, 5) is 16.9. The average Bonchev–Trinajstić information content (AvgIpc) is 2.68. The van der Waals surface area contributed by atoms with Crippen molar-refractivity contribution in [1.29, 1.82) is 0 Å². The predicted octanol–water partition coefficient (Wildman–Crippen LogP) is 6.64. The second-order valence-electron chi connectivity index (χ2n) is 8.62. The molecule has 2 aromatic rings. The molecular weight excluding hydrogens is 402 g/mol. The summed E-state index contributed by atoms with van der Waals surface area (Å²) in [5.41, 5.74) is 2.09. The van der Waals surface area contributed by atoms with Crippen molar-refractivity contribution in [1.82, 2.24) is 4.98 Å². The molecule has 1 aromatic heterocycles. The van der Waals surface area contributed by atoms with Gasteiger partial charge in [-0.25, -0.2) is 0 Å². The van der Waals surface area contributed by atoms with Crippen LogP contribution in [0.25, 0.3) is 10.9 Å². The topological polar surface area (TPSA) is 57.6 Å². The number of pyridine rings is 1. The number of carbonyl (C=O) groups excluding carboxylic acids is 1. The van der Waals surface area contributed by atoms with Gasteiger partial charge in [0.1, 0.15) is 11.5 Å². The van der Waals surface area contributed by atoms with Gasteiger partial charge in [-0.05, 0) is 46.6 Å². The molecule has 0 saturated carbocycles. The summed E-state index contributed by atoms with van der Waals surface area (Å²) in [6, 6.07) is 3.62. The Bertz CT molecular complexity index is 874. The normalized spacial score (nSPS) is 11.6. The number of aryl methyl sites for hydroxylation is 1. The fraction of sp³-hybridized carbons (Fsp3) is 0.583. The van der Waals surface area contributed by atoms with E-state index in [0.29, 0.717) is 16.5 Å². The minimum atomic E-state index is -0.585. The first-order valence-electron chi connectivity index (χ1n) is 10.7. The lowest BCUT2D eigenvalue weighted by Gasteiger charge is -2.20. The second kappa shape index (κ2) is 10.9. The number of hydrogen-bond acceptors (Lipinski definition) is 5. The number of unbranched alkanes of at least 4 members (excludes halogenated alkanes) is 4. The number of methoxy groups -OCH3 is 1. The minimum Gasteiger partial charge on any atom is -0.495 e. The summed E-state index contributed by atoms with van der Waals surface area (Å²) in [6.07, 6.45) is 6.74. The molecular formula is C24H34ClNO4. The number of hydrogen-bond donors (Lipinski definition) is 0. The molecule has 0 aliphatic heterocycles. The Balaban J connectivity index is 2.35. The van der Waals surface area contributed by atoms with Gasteiger partial charge in [-0.3, -0.25) is 9.78 Å². The van der Waals surface area contributed by atoms with Crippen molar-refractivity contribution in [3.05, 3.63) is 28.4 Å². The monoisotopic (exact) mass is 435 g/mol. The van der Waals surface area contributed by atoms with Crippen LogP contribution >= 0.6 is 11.6 Å². The Morgan fingerprint density at radius 3 is 2.47 bits per heavy atom. The zero-order chi connectivity index (χ0) is 22.3. The van der Waals surface area contributed by atoms with Crippen LogP contribution in [0.1, 0.15) is 71.1 Å². The van der Waals surface area contributed by atoms with E-state index in [1.807, 2.05) is 39.8 Å². The highest BCUT2D eigenvalue weighted by molar-refractivity contribution is 6.33. The third kappa shape index (κ3) is 6.24. The second-order valence-corrected chi connectivity index (χ2v) is 9.02. The van der Waals surface area contributed by atoms with Gasteiger partial charge in [-0.1, -0.05) is 44.2 Å². The van der Waals surface area contributed by atoms with Crippen molar-refractivity contribution in [2.24, 2.45) is 5.41 Å². The van der Waals surface area contributed by atoms with E-state index in [9.17, 15) is 4.79 Å². The zero-order valence-electron chi connectivity index (χ0n) is 19.1. The number of ether oxygens (including phenoxy) is 3.